The lowest BCUT2D eigenvalue weighted by Gasteiger charge is -2.25. The van der Waals surface area contributed by atoms with E-state index >= 15 is 0 Å². The molecule has 0 spiro atoms. The highest BCUT2D eigenvalue weighted by molar-refractivity contribution is 5.71. The summed E-state index contributed by atoms with van der Waals surface area (Å²) in [7, 11) is 5.96. The van der Waals surface area contributed by atoms with Gasteiger partial charge in [-0.1, -0.05) is 304 Å². The minimum Gasteiger partial charge on any atom is -0.477 e. The Morgan fingerprint density at radius 1 is 0.316 bits per heavy atom. The Hall–Kier alpha value is -6.13. The molecule has 0 aromatic rings. The number of aliphatic carboxylic acids is 1. The first-order valence-electron chi connectivity index (χ1n) is 37.2. The van der Waals surface area contributed by atoms with Gasteiger partial charge in [-0.15, -0.1) is 0 Å². The minimum absolute atomic E-state index is 0.174. The van der Waals surface area contributed by atoms with Crippen molar-refractivity contribution in [2.45, 2.75) is 270 Å². The van der Waals surface area contributed by atoms with Gasteiger partial charge in [-0.05, 0) is 148 Å². The lowest BCUT2D eigenvalue weighted by atomic mass is 10.0. The van der Waals surface area contributed by atoms with Crippen LogP contribution in [0.25, 0.3) is 0 Å². The molecule has 0 saturated carbocycles. The van der Waals surface area contributed by atoms with Crippen molar-refractivity contribution in [2.24, 2.45) is 0 Å². The van der Waals surface area contributed by atoms with Gasteiger partial charge < -0.3 is 28.5 Å². The summed E-state index contributed by atoms with van der Waals surface area (Å²) in [4.78, 5) is 37.7. The van der Waals surface area contributed by atoms with E-state index in [9.17, 15) is 19.5 Å². The standard InChI is InChI=1S/C86H135NO8/c1-6-8-10-12-14-16-18-20-22-24-26-28-30-32-34-36-37-38-39-40-41-42-43-44-45-46-47-49-51-53-55-57-59-61-63-65-67-69-71-73-75-77-84(89)95-82(81-94-86(85(90)91)92-79-78-87(3,4)5)80-93-83(88)76-74-72-70-68-66-64-62-60-58-56-54-52-50-48-35-33-31-29-27-25-23-21-19-17-15-13-11-9-7-2/h8-11,14-17,20-23,26-29,32-35,37-38,40-41,43-44,46-47,50-53,56,58,82,86H,6-7,12-13,18-19,24-25,30-31,36,39,42,45,48-49,54-55,57,59-81H2,1-5H3/p+1/b10-8-,11-9-,16-14-,17-15-,22-20-,23-21-,28-26-,29-27-,34-32-,35-33-,38-37-,41-40-,44-43-,47-46-,52-50-,53-51-,58-56-. The van der Waals surface area contributed by atoms with E-state index < -0.39 is 24.3 Å². The average molecular weight is 1310 g/mol. The van der Waals surface area contributed by atoms with Gasteiger partial charge >= 0.3 is 17.9 Å². The van der Waals surface area contributed by atoms with E-state index in [0.29, 0.717) is 17.4 Å². The third-order valence-electron chi connectivity index (χ3n) is 15.0. The molecule has 0 aromatic carbocycles. The zero-order valence-corrected chi connectivity index (χ0v) is 60.7. The number of carboxylic acids is 1. The fraction of sp³-hybridized carbons (Fsp3) is 0.570. The molecular weight excluding hydrogens is 1170 g/mol. The van der Waals surface area contributed by atoms with E-state index in [0.717, 1.165) is 167 Å². The molecule has 0 saturated heterocycles. The molecule has 0 aliphatic rings. The average Bonchev–Trinajstić information content (AvgIpc) is 3.54. The van der Waals surface area contributed by atoms with Crippen molar-refractivity contribution in [3.8, 4) is 0 Å². The summed E-state index contributed by atoms with van der Waals surface area (Å²) >= 11 is 0. The van der Waals surface area contributed by atoms with Gasteiger partial charge in [0.1, 0.15) is 13.2 Å². The molecule has 532 valence electrons. The number of likely N-dealkylation sites (N-methyl/N-ethyl adjacent to an activating group) is 1. The van der Waals surface area contributed by atoms with Gasteiger partial charge in [-0.2, -0.15) is 0 Å². The maximum Gasteiger partial charge on any atom is 0.361 e. The maximum atomic E-state index is 13.0. The van der Waals surface area contributed by atoms with Crippen LogP contribution in [0.5, 0.6) is 0 Å². The summed E-state index contributed by atoms with van der Waals surface area (Å²) in [6.45, 7) is 4.61. The van der Waals surface area contributed by atoms with Crippen LogP contribution in [0, 0.1) is 0 Å². The number of allylic oxidation sites excluding steroid dienone is 34. The van der Waals surface area contributed by atoms with Crippen molar-refractivity contribution < 1.29 is 42.9 Å². The van der Waals surface area contributed by atoms with Crippen molar-refractivity contribution in [2.75, 3.05) is 47.5 Å². The maximum absolute atomic E-state index is 13.0. The number of ether oxygens (including phenoxy) is 4. The number of quaternary nitrogens is 1. The smallest absolute Gasteiger partial charge is 0.361 e. The normalized spacial score (nSPS) is 13.9. The Labute approximate surface area is 582 Å². The van der Waals surface area contributed by atoms with Gasteiger partial charge in [-0.3, -0.25) is 9.59 Å². The number of nitrogens with zero attached hydrogens (tertiary/aromatic N) is 1. The summed E-state index contributed by atoms with van der Waals surface area (Å²) < 4.78 is 23.0. The fourth-order valence-electron chi connectivity index (χ4n) is 9.43. The van der Waals surface area contributed by atoms with Gasteiger partial charge in [-0.25, -0.2) is 4.79 Å². The van der Waals surface area contributed by atoms with Crippen LogP contribution in [0.15, 0.2) is 207 Å². The highest BCUT2D eigenvalue weighted by Gasteiger charge is 2.25. The lowest BCUT2D eigenvalue weighted by Crippen LogP contribution is -2.40. The third kappa shape index (κ3) is 75.1. The zero-order valence-electron chi connectivity index (χ0n) is 60.7. The summed E-state index contributed by atoms with van der Waals surface area (Å²) in [5.41, 5.74) is 0. The molecule has 0 radical (unpaired) electrons. The van der Waals surface area contributed by atoms with Crippen molar-refractivity contribution in [1.29, 1.82) is 0 Å². The van der Waals surface area contributed by atoms with E-state index in [-0.39, 0.29) is 38.6 Å². The summed E-state index contributed by atoms with van der Waals surface area (Å²) in [5, 5.41) is 9.76. The molecule has 2 unspecified atom stereocenters. The molecule has 2 atom stereocenters. The topological polar surface area (TPSA) is 108 Å². The third-order valence-corrected chi connectivity index (χ3v) is 15.0. The second kappa shape index (κ2) is 73.7. The molecule has 95 heavy (non-hydrogen) atoms. The van der Waals surface area contributed by atoms with Crippen LogP contribution in [0.1, 0.15) is 258 Å². The summed E-state index contributed by atoms with van der Waals surface area (Å²) in [5.74, 6) is -2.05. The number of rotatable bonds is 66. The minimum atomic E-state index is -1.53. The molecule has 0 fully saturated rings. The van der Waals surface area contributed by atoms with Crippen molar-refractivity contribution in [1.82, 2.24) is 0 Å². The predicted molar refractivity (Wildman–Crippen MR) is 409 cm³/mol. The van der Waals surface area contributed by atoms with Gasteiger partial charge in [0.15, 0.2) is 6.10 Å². The van der Waals surface area contributed by atoms with Crippen LogP contribution in [0.4, 0.5) is 0 Å². The highest BCUT2D eigenvalue weighted by atomic mass is 16.7. The van der Waals surface area contributed by atoms with Crippen LogP contribution in [-0.2, 0) is 33.3 Å². The van der Waals surface area contributed by atoms with E-state index in [1.54, 1.807) is 0 Å². The SMILES string of the molecule is CC/C=C\C/C=C\C/C=C\C/C=C\C/C=C\C/C=C\C/C=C\C/C=C\C/C=C\C/C=C\CCCCCCCCCCCCC(=O)OC(COC(=O)CCCCCCCCC/C=C\C/C=C\C/C=C\C/C=C\C/C=C\C/C=C\C/C=C\CC)COC(OCC[N+](C)(C)C)C(=O)O. The Kier molecular flexibility index (Phi) is 68.9. The van der Waals surface area contributed by atoms with Crippen LogP contribution in [-0.4, -0.2) is 87.4 Å². The second-order valence-corrected chi connectivity index (χ2v) is 25.1. The number of hydrogen-bond donors (Lipinski definition) is 1. The lowest BCUT2D eigenvalue weighted by molar-refractivity contribution is -0.870. The molecule has 0 aliphatic heterocycles. The number of carbonyl (C=O) groups is 3. The number of esters is 2. The van der Waals surface area contributed by atoms with Gasteiger partial charge in [0.25, 0.3) is 6.29 Å². The molecule has 0 aliphatic carbocycles. The first kappa shape index (κ1) is 88.9. The molecular formula is C86H136NO8+. The molecule has 0 aromatic heterocycles. The Balaban J connectivity index is 4.19. The quantitative estimate of drug-likeness (QED) is 0.0211. The molecule has 0 heterocycles. The van der Waals surface area contributed by atoms with Crippen LogP contribution >= 0.6 is 0 Å². The zero-order chi connectivity index (χ0) is 69.0. The number of unbranched alkanes of at least 4 members (excludes halogenated alkanes) is 17. The number of hydrogen-bond acceptors (Lipinski definition) is 7. The van der Waals surface area contributed by atoms with Crippen molar-refractivity contribution >= 4 is 17.9 Å². The summed E-state index contributed by atoms with van der Waals surface area (Å²) in [6, 6.07) is 0. The first-order chi connectivity index (χ1) is 46.6. The molecule has 0 bridgehead atoms. The van der Waals surface area contributed by atoms with E-state index in [4.69, 9.17) is 18.9 Å². The van der Waals surface area contributed by atoms with Crippen LogP contribution in [0.3, 0.4) is 0 Å². The van der Waals surface area contributed by atoms with E-state index in [2.05, 4.69) is 220 Å². The van der Waals surface area contributed by atoms with Crippen molar-refractivity contribution in [3.05, 3.63) is 207 Å². The molecule has 9 nitrogen and oxygen atoms in total. The van der Waals surface area contributed by atoms with E-state index in [1.165, 1.54) is 57.8 Å². The largest absolute Gasteiger partial charge is 0.477 e. The highest BCUT2D eigenvalue weighted by Crippen LogP contribution is 2.15. The Morgan fingerprint density at radius 2 is 0.568 bits per heavy atom. The Bertz CT molecular complexity index is 2320. The van der Waals surface area contributed by atoms with Gasteiger partial charge in [0.2, 0.25) is 0 Å². The molecule has 0 amide bonds. The fourth-order valence-corrected chi connectivity index (χ4v) is 9.43. The van der Waals surface area contributed by atoms with Crippen LogP contribution in [0.2, 0.25) is 0 Å². The second-order valence-electron chi connectivity index (χ2n) is 25.1. The van der Waals surface area contributed by atoms with Crippen LogP contribution < -0.4 is 0 Å². The first-order valence-corrected chi connectivity index (χ1v) is 37.2. The Morgan fingerprint density at radius 3 is 0.842 bits per heavy atom. The van der Waals surface area contributed by atoms with Gasteiger partial charge in [0.05, 0.1) is 34.4 Å². The number of carbonyl (C=O) groups excluding carboxylic acids is 2. The molecule has 1 N–H and O–H groups in total. The van der Waals surface area contributed by atoms with Crippen molar-refractivity contribution in [3.63, 3.8) is 0 Å². The van der Waals surface area contributed by atoms with E-state index in [1.807, 2.05) is 21.1 Å². The number of carboxylic acid groups (broad SMARTS) is 1. The molecule has 9 heteroatoms. The van der Waals surface area contributed by atoms with Gasteiger partial charge in [0, 0.05) is 12.8 Å². The summed E-state index contributed by atoms with van der Waals surface area (Å²) in [6.07, 6.45) is 112. The molecule has 0 rings (SSSR count). The predicted octanol–water partition coefficient (Wildman–Crippen LogP) is 23.9. The monoisotopic (exact) mass is 1310 g/mol.